The summed E-state index contributed by atoms with van der Waals surface area (Å²) >= 11 is 6.00. The third-order valence-corrected chi connectivity index (χ3v) is 12.7. The molecule has 10 N–H and O–H groups in total. The summed E-state index contributed by atoms with van der Waals surface area (Å²) in [4.78, 5) is 13.6. The molecular formula is C45H54Cl2F3N11S4. The molecule has 11 nitrogen and oxygen atoms in total. The normalized spacial score (nSPS) is 13.4. The van der Waals surface area contributed by atoms with Crippen molar-refractivity contribution in [2.75, 3.05) is 26.7 Å². The van der Waals surface area contributed by atoms with E-state index >= 15 is 0 Å². The highest BCUT2D eigenvalue weighted by Gasteiger charge is 2.16. The second-order valence-corrected chi connectivity index (χ2v) is 18.0. The second-order valence-electron chi connectivity index (χ2n) is 14.1. The van der Waals surface area contributed by atoms with Gasteiger partial charge in [-0.3, -0.25) is 20.6 Å². The first-order valence-corrected chi connectivity index (χ1v) is 23.7. The topological polar surface area (TPSA) is 181 Å². The van der Waals surface area contributed by atoms with Crippen molar-refractivity contribution in [3.63, 3.8) is 0 Å². The summed E-state index contributed by atoms with van der Waals surface area (Å²) in [6, 6.07) is 36.1. The van der Waals surface area contributed by atoms with E-state index in [-0.39, 0.29) is 52.6 Å². The van der Waals surface area contributed by atoms with Crippen LogP contribution in [0.15, 0.2) is 131 Å². The summed E-state index contributed by atoms with van der Waals surface area (Å²) in [5, 5.41) is 23.2. The minimum absolute atomic E-state index is 0. The molecule has 0 spiro atoms. The summed E-state index contributed by atoms with van der Waals surface area (Å²) in [5.41, 5.74) is 23.4. The van der Waals surface area contributed by atoms with Crippen LogP contribution in [0.4, 0.5) is 13.2 Å². The zero-order valence-electron chi connectivity index (χ0n) is 35.4. The number of amidine groups is 4. The standard InChI is InChI=1S/C28H30F2N6S2.C10H14N4S2.C7H8FN.2ClH/c29-25-9-3-5-21(11-25)13-35-17-31-27(32-18-35)37-15-23-7-1-2-8-24(23)16-38-28-33-19-36(20-34-28)14-22-6-4-10-26(30)12-22;11-9(12)15-5-7-3-1-2-4-8(7)6-16-10(13)14;8-7-3-1-2-6(4-7)5-9;;/h1-12H,13-20H2,(H,31,32)(H,33,34);1-4H,5-6H2,(H3,11,12)(H3,13,14);1-4H,5,9H2;2*1H. The van der Waals surface area contributed by atoms with Gasteiger partial charge in [0.2, 0.25) is 0 Å². The van der Waals surface area contributed by atoms with E-state index in [1.54, 1.807) is 59.9 Å². The zero-order chi connectivity index (χ0) is 44.8. The molecule has 0 amide bonds. The number of halogens is 5. The number of hydrogen-bond acceptors (Lipinski definition) is 13. The molecule has 348 valence electrons. The molecule has 0 fully saturated rings. The number of nitrogens with one attached hydrogen (secondary N) is 4. The summed E-state index contributed by atoms with van der Waals surface area (Å²) in [6.07, 6.45) is 0. The first-order chi connectivity index (χ1) is 30.5. The van der Waals surface area contributed by atoms with Gasteiger partial charge in [0, 0.05) is 42.6 Å². The Morgan fingerprint density at radius 1 is 0.538 bits per heavy atom. The van der Waals surface area contributed by atoms with Gasteiger partial charge in [0.1, 0.15) is 17.5 Å². The fourth-order valence-electron chi connectivity index (χ4n) is 6.04. The van der Waals surface area contributed by atoms with E-state index in [9.17, 15) is 13.2 Å². The van der Waals surface area contributed by atoms with Crippen molar-refractivity contribution < 1.29 is 13.2 Å². The number of nitrogens with zero attached hydrogens (tertiary/aromatic N) is 4. The molecule has 0 saturated heterocycles. The number of thioether (sulfide) groups is 4. The Labute approximate surface area is 408 Å². The monoisotopic (exact) mass is 1000 g/mol. The number of hydrogen-bond donors (Lipinski definition) is 7. The molecule has 0 radical (unpaired) electrons. The SMILES string of the molecule is Cl.Cl.Fc1cccc(CN2CN=C(SCc3ccccc3CSC3=NCN(Cc4cccc(F)c4)CN3)NC2)c1.N=C(N)SCc1ccccc1CSC(=N)N.NCc1cccc(F)c1. The van der Waals surface area contributed by atoms with Gasteiger partial charge in [-0.15, -0.1) is 24.8 Å². The average Bonchev–Trinajstić information content (AvgIpc) is 3.28. The van der Waals surface area contributed by atoms with Gasteiger partial charge in [-0.25, -0.2) is 23.2 Å². The number of aliphatic imine (C=N–C) groups is 2. The molecule has 2 aliphatic rings. The van der Waals surface area contributed by atoms with Crippen LogP contribution in [-0.4, -0.2) is 57.1 Å². The van der Waals surface area contributed by atoms with Gasteiger partial charge in [-0.05, 0) is 75.3 Å². The minimum Gasteiger partial charge on any atom is -0.379 e. The maximum atomic E-state index is 13.4. The number of benzene rings is 5. The van der Waals surface area contributed by atoms with Crippen molar-refractivity contribution in [1.82, 2.24) is 20.4 Å². The van der Waals surface area contributed by atoms with Crippen molar-refractivity contribution in [2.45, 2.75) is 42.6 Å². The van der Waals surface area contributed by atoms with Gasteiger partial charge in [-0.1, -0.05) is 132 Å². The third-order valence-electron chi connectivity index (χ3n) is 9.18. The molecular weight excluding hydrogens is 951 g/mol. The number of rotatable bonds is 13. The number of nitrogens with two attached hydrogens (primary N) is 3. The molecule has 0 unspecified atom stereocenters. The van der Waals surface area contributed by atoms with Crippen molar-refractivity contribution in [2.24, 2.45) is 27.2 Å². The first kappa shape index (κ1) is 55.0. The van der Waals surface area contributed by atoms with E-state index in [1.165, 1.54) is 58.9 Å². The molecule has 20 heteroatoms. The van der Waals surface area contributed by atoms with Gasteiger partial charge in [0.05, 0.1) is 26.7 Å². The Balaban J connectivity index is 0.000000342. The van der Waals surface area contributed by atoms with Gasteiger partial charge in [0.15, 0.2) is 20.7 Å². The highest BCUT2D eigenvalue weighted by molar-refractivity contribution is 8.14. The van der Waals surface area contributed by atoms with Gasteiger partial charge in [-0.2, -0.15) is 0 Å². The van der Waals surface area contributed by atoms with E-state index in [1.807, 2.05) is 36.4 Å². The van der Waals surface area contributed by atoms with Crippen molar-refractivity contribution >= 4 is 92.5 Å². The van der Waals surface area contributed by atoms with Gasteiger partial charge in [0.25, 0.3) is 0 Å². The van der Waals surface area contributed by atoms with Crippen molar-refractivity contribution in [3.05, 3.63) is 178 Å². The highest BCUT2D eigenvalue weighted by Crippen LogP contribution is 2.24. The lowest BCUT2D eigenvalue weighted by atomic mass is 10.1. The third kappa shape index (κ3) is 20.8. The van der Waals surface area contributed by atoms with Crippen LogP contribution in [0.5, 0.6) is 0 Å². The van der Waals surface area contributed by atoms with Crippen LogP contribution >= 0.6 is 71.9 Å². The Morgan fingerprint density at radius 3 is 1.20 bits per heavy atom. The molecule has 65 heavy (non-hydrogen) atoms. The Bertz CT molecular complexity index is 2190. The van der Waals surface area contributed by atoms with Crippen LogP contribution in [-0.2, 0) is 42.6 Å². The lowest BCUT2D eigenvalue weighted by molar-refractivity contribution is 0.258. The summed E-state index contributed by atoms with van der Waals surface area (Å²) < 4.78 is 39.2. The fraction of sp³-hybridized carbons (Fsp3) is 0.244. The molecule has 2 heterocycles. The second kappa shape index (κ2) is 30.0. The summed E-state index contributed by atoms with van der Waals surface area (Å²) in [5.74, 6) is 2.38. The molecule has 0 aromatic heterocycles. The molecule has 5 aromatic carbocycles. The molecule has 0 aliphatic carbocycles. The van der Waals surface area contributed by atoms with Crippen LogP contribution in [0.1, 0.15) is 38.9 Å². The zero-order valence-corrected chi connectivity index (χ0v) is 40.3. The van der Waals surface area contributed by atoms with E-state index in [0.29, 0.717) is 57.8 Å². The Hall–Kier alpha value is -4.37. The summed E-state index contributed by atoms with van der Waals surface area (Å²) in [7, 11) is 0. The smallest absolute Gasteiger partial charge is 0.159 e. The predicted molar refractivity (Wildman–Crippen MR) is 275 cm³/mol. The van der Waals surface area contributed by atoms with Crippen molar-refractivity contribution in [3.8, 4) is 0 Å². The largest absolute Gasteiger partial charge is 0.379 e. The van der Waals surface area contributed by atoms with Gasteiger partial charge >= 0.3 is 0 Å². The molecule has 0 bridgehead atoms. The minimum atomic E-state index is -0.224. The van der Waals surface area contributed by atoms with Crippen LogP contribution in [0.25, 0.3) is 0 Å². The molecule has 7 rings (SSSR count). The van der Waals surface area contributed by atoms with Crippen molar-refractivity contribution in [1.29, 1.82) is 10.8 Å². The summed E-state index contributed by atoms with van der Waals surface area (Å²) in [6.45, 7) is 4.26. The maximum absolute atomic E-state index is 13.4. The van der Waals surface area contributed by atoms with E-state index < -0.39 is 0 Å². The van der Waals surface area contributed by atoms with E-state index in [2.05, 4.69) is 54.7 Å². The molecule has 0 atom stereocenters. The van der Waals surface area contributed by atoms with E-state index in [0.717, 1.165) is 49.7 Å². The molecule has 0 saturated carbocycles. The van der Waals surface area contributed by atoms with Gasteiger partial charge < -0.3 is 27.8 Å². The van der Waals surface area contributed by atoms with Crippen LogP contribution < -0.4 is 27.8 Å². The predicted octanol–water partition coefficient (Wildman–Crippen LogP) is 9.25. The van der Waals surface area contributed by atoms with Crippen LogP contribution in [0.2, 0.25) is 0 Å². The van der Waals surface area contributed by atoms with E-state index in [4.69, 9.17) is 28.0 Å². The Kier molecular flexibility index (Phi) is 25.4. The average molecular weight is 1010 g/mol. The first-order valence-electron chi connectivity index (χ1n) is 19.8. The van der Waals surface area contributed by atoms with Crippen LogP contribution in [0, 0.1) is 28.3 Å². The fourth-order valence-corrected chi connectivity index (χ4v) is 9.00. The maximum Gasteiger partial charge on any atom is 0.159 e. The lowest BCUT2D eigenvalue weighted by Gasteiger charge is -2.27. The quantitative estimate of drug-likeness (QED) is 0.0442. The Morgan fingerprint density at radius 2 is 0.892 bits per heavy atom. The molecule has 2 aliphatic heterocycles. The van der Waals surface area contributed by atoms with Crippen LogP contribution in [0.3, 0.4) is 0 Å². The molecule has 5 aromatic rings. The lowest BCUT2D eigenvalue weighted by Crippen LogP contribution is -2.41. The highest BCUT2D eigenvalue weighted by atomic mass is 35.5.